The van der Waals surface area contributed by atoms with Crippen molar-refractivity contribution in [1.29, 1.82) is 0 Å². The predicted octanol–water partition coefficient (Wildman–Crippen LogP) is 4.27. The van der Waals surface area contributed by atoms with E-state index in [1.165, 1.54) is 18.6 Å². The molecule has 0 radical (unpaired) electrons. The lowest BCUT2D eigenvalue weighted by Gasteiger charge is -2.30. The zero-order chi connectivity index (χ0) is 24.8. The highest BCUT2D eigenvalue weighted by molar-refractivity contribution is 5.97. The Bertz CT molecular complexity index is 1570. The average molecular weight is 491 g/mol. The molecule has 4 aromatic heterocycles. The average Bonchev–Trinajstić information content (AvgIpc) is 3.60. The van der Waals surface area contributed by atoms with Crippen LogP contribution in [-0.2, 0) is 7.05 Å². The quantitative estimate of drug-likeness (QED) is 0.294. The van der Waals surface area contributed by atoms with Gasteiger partial charge in [0.1, 0.15) is 28.8 Å². The number of imidazole rings is 1. The molecule has 184 valence electrons. The summed E-state index contributed by atoms with van der Waals surface area (Å²) in [6, 6.07) is 4.16. The Morgan fingerprint density at radius 1 is 1.14 bits per heavy atom. The molecular formula is C25H24F2N8O. The van der Waals surface area contributed by atoms with E-state index in [9.17, 15) is 13.6 Å². The summed E-state index contributed by atoms with van der Waals surface area (Å²) in [7, 11) is 1.89. The Morgan fingerprint density at radius 3 is 2.83 bits per heavy atom. The topological polar surface area (TPSA) is 116 Å². The van der Waals surface area contributed by atoms with Crippen molar-refractivity contribution >= 4 is 33.7 Å². The van der Waals surface area contributed by atoms with Crippen LogP contribution < -0.4 is 10.6 Å². The number of rotatable bonds is 5. The number of aryl methyl sites for hydroxylation is 1. The fourth-order valence-corrected chi connectivity index (χ4v) is 5.00. The number of aromatic nitrogens is 6. The summed E-state index contributed by atoms with van der Waals surface area (Å²) >= 11 is 0. The summed E-state index contributed by atoms with van der Waals surface area (Å²) in [5.74, 6) is -0.494. The Balaban J connectivity index is 1.31. The minimum atomic E-state index is -0.667. The summed E-state index contributed by atoms with van der Waals surface area (Å²) in [4.78, 5) is 31.6. The van der Waals surface area contributed by atoms with Gasteiger partial charge in [-0.25, -0.2) is 23.7 Å². The van der Waals surface area contributed by atoms with E-state index in [0.29, 0.717) is 33.9 Å². The Kier molecular flexibility index (Phi) is 5.39. The predicted molar refractivity (Wildman–Crippen MR) is 131 cm³/mol. The molecule has 0 spiro atoms. The van der Waals surface area contributed by atoms with Crippen LogP contribution in [0.2, 0.25) is 0 Å². The van der Waals surface area contributed by atoms with Crippen LogP contribution in [0, 0.1) is 11.6 Å². The zero-order valence-corrected chi connectivity index (χ0v) is 19.5. The Labute approximate surface area is 204 Å². The normalized spacial score (nSPS) is 18.1. The van der Waals surface area contributed by atoms with E-state index in [1.807, 2.05) is 23.9 Å². The summed E-state index contributed by atoms with van der Waals surface area (Å²) in [6.45, 7) is 0. The number of amides is 1. The SMILES string of the molecule is Cn1ccc2c(N[C@@H]3CCC[C@H](NC(=O)c4cnc[nH]4)C3)nc(-c3c[nH]c4c(F)cc(F)cc34)nc21. The van der Waals surface area contributed by atoms with E-state index in [1.54, 1.807) is 6.20 Å². The van der Waals surface area contributed by atoms with Crippen LogP contribution in [0.15, 0.2) is 43.1 Å². The van der Waals surface area contributed by atoms with Gasteiger partial charge in [0.05, 0.1) is 23.4 Å². The smallest absolute Gasteiger partial charge is 0.269 e. The molecule has 1 aliphatic rings. The third-order valence-electron chi connectivity index (χ3n) is 6.76. The number of H-pyrrole nitrogens is 2. The molecule has 6 rings (SSSR count). The second-order valence-electron chi connectivity index (χ2n) is 9.22. The Hall–Kier alpha value is -4.28. The van der Waals surface area contributed by atoms with Crippen molar-refractivity contribution in [2.75, 3.05) is 5.32 Å². The van der Waals surface area contributed by atoms with Gasteiger partial charge in [0.2, 0.25) is 0 Å². The first-order chi connectivity index (χ1) is 17.5. The lowest BCUT2D eigenvalue weighted by molar-refractivity contribution is 0.0922. The van der Waals surface area contributed by atoms with E-state index < -0.39 is 11.6 Å². The van der Waals surface area contributed by atoms with Crippen molar-refractivity contribution in [3.05, 3.63) is 60.4 Å². The van der Waals surface area contributed by atoms with Gasteiger partial charge in [0.15, 0.2) is 5.82 Å². The molecule has 1 aromatic carbocycles. The molecule has 1 aliphatic carbocycles. The lowest BCUT2D eigenvalue weighted by atomic mass is 9.90. The molecule has 1 amide bonds. The van der Waals surface area contributed by atoms with Crippen molar-refractivity contribution < 1.29 is 13.6 Å². The second-order valence-corrected chi connectivity index (χ2v) is 9.22. The molecule has 4 N–H and O–H groups in total. The number of nitrogens with one attached hydrogen (secondary N) is 4. The summed E-state index contributed by atoms with van der Waals surface area (Å²) in [5.41, 5.74) is 1.86. The number of fused-ring (bicyclic) bond motifs is 2. The molecule has 0 unspecified atom stereocenters. The highest BCUT2D eigenvalue weighted by Gasteiger charge is 2.26. The maximum atomic E-state index is 14.3. The van der Waals surface area contributed by atoms with Crippen molar-refractivity contribution in [3.63, 3.8) is 0 Å². The summed E-state index contributed by atoms with van der Waals surface area (Å²) in [5, 5.41) is 7.86. The van der Waals surface area contributed by atoms with Crippen LogP contribution in [0.3, 0.4) is 0 Å². The third kappa shape index (κ3) is 3.96. The number of nitrogens with zero attached hydrogens (tertiary/aromatic N) is 4. The third-order valence-corrected chi connectivity index (χ3v) is 6.76. The van der Waals surface area contributed by atoms with Crippen molar-refractivity contribution in [1.82, 2.24) is 34.8 Å². The van der Waals surface area contributed by atoms with E-state index in [2.05, 4.69) is 25.6 Å². The zero-order valence-electron chi connectivity index (χ0n) is 19.5. The number of halogens is 2. The van der Waals surface area contributed by atoms with Crippen LogP contribution in [-0.4, -0.2) is 47.5 Å². The van der Waals surface area contributed by atoms with Crippen molar-refractivity contribution in [2.45, 2.75) is 37.8 Å². The van der Waals surface area contributed by atoms with Gasteiger partial charge in [-0.15, -0.1) is 0 Å². The van der Waals surface area contributed by atoms with E-state index in [-0.39, 0.29) is 23.5 Å². The van der Waals surface area contributed by atoms with Gasteiger partial charge >= 0.3 is 0 Å². The summed E-state index contributed by atoms with van der Waals surface area (Å²) in [6.07, 6.45) is 9.98. The molecule has 36 heavy (non-hydrogen) atoms. The number of hydrogen-bond acceptors (Lipinski definition) is 5. The van der Waals surface area contributed by atoms with Crippen LogP contribution in [0.1, 0.15) is 36.2 Å². The number of benzene rings is 1. The van der Waals surface area contributed by atoms with Gasteiger partial charge in [-0.05, 0) is 37.8 Å². The molecule has 5 aromatic rings. The first-order valence-electron chi connectivity index (χ1n) is 11.8. The standard InChI is InChI=1S/C25H24F2N8O/c1-35-6-5-16-22(31-14-3-2-4-15(9-14)32-25(36)20-11-28-12-30-20)33-23(34-24(16)35)18-10-29-21-17(18)7-13(26)8-19(21)27/h5-8,10-12,14-15,29H,2-4,9H2,1H3,(H,28,30)(H,32,36)(H,31,33,34)/t14-,15+/m1/s1. The van der Waals surface area contributed by atoms with Crippen molar-refractivity contribution in [2.24, 2.45) is 7.05 Å². The van der Waals surface area contributed by atoms with Gasteiger partial charge in [-0.1, -0.05) is 0 Å². The fourth-order valence-electron chi connectivity index (χ4n) is 5.00. The number of carbonyl (C=O) groups excluding carboxylic acids is 1. The highest BCUT2D eigenvalue weighted by atomic mass is 19.1. The molecule has 11 heteroatoms. The minimum Gasteiger partial charge on any atom is -0.367 e. The molecule has 4 heterocycles. The highest BCUT2D eigenvalue weighted by Crippen LogP contribution is 2.33. The molecule has 1 saturated carbocycles. The monoisotopic (exact) mass is 490 g/mol. The number of anilines is 1. The molecule has 0 saturated heterocycles. The molecule has 0 bridgehead atoms. The van der Waals surface area contributed by atoms with Gasteiger partial charge in [-0.2, -0.15) is 0 Å². The molecule has 1 fully saturated rings. The Morgan fingerprint density at radius 2 is 2.00 bits per heavy atom. The van der Waals surface area contributed by atoms with Gasteiger partial charge < -0.3 is 25.2 Å². The largest absolute Gasteiger partial charge is 0.367 e. The maximum absolute atomic E-state index is 14.3. The molecule has 0 aliphatic heterocycles. The second kappa shape index (κ2) is 8.74. The molecule has 2 atom stereocenters. The van der Waals surface area contributed by atoms with E-state index in [0.717, 1.165) is 37.1 Å². The van der Waals surface area contributed by atoms with Crippen LogP contribution in [0.5, 0.6) is 0 Å². The van der Waals surface area contributed by atoms with E-state index >= 15 is 0 Å². The number of aromatic amines is 2. The van der Waals surface area contributed by atoms with Crippen LogP contribution >= 0.6 is 0 Å². The van der Waals surface area contributed by atoms with E-state index in [4.69, 9.17) is 9.97 Å². The minimum absolute atomic E-state index is 0.0131. The number of carbonyl (C=O) groups is 1. The van der Waals surface area contributed by atoms with Gasteiger partial charge in [-0.3, -0.25) is 4.79 Å². The van der Waals surface area contributed by atoms with Gasteiger partial charge in [0.25, 0.3) is 5.91 Å². The maximum Gasteiger partial charge on any atom is 0.269 e. The fraction of sp³-hybridized carbons (Fsp3) is 0.280. The summed E-state index contributed by atoms with van der Waals surface area (Å²) < 4.78 is 30.2. The molecular weight excluding hydrogens is 466 g/mol. The van der Waals surface area contributed by atoms with Crippen LogP contribution in [0.25, 0.3) is 33.3 Å². The number of hydrogen-bond donors (Lipinski definition) is 4. The first kappa shape index (κ1) is 22.2. The van der Waals surface area contributed by atoms with Crippen molar-refractivity contribution in [3.8, 4) is 11.4 Å². The molecule has 9 nitrogen and oxygen atoms in total. The first-order valence-corrected chi connectivity index (χ1v) is 11.8. The van der Waals surface area contributed by atoms with Crippen LogP contribution in [0.4, 0.5) is 14.6 Å². The van der Waals surface area contributed by atoms with Gasteiger partial charge in [0, 0.05) is 48.5 Å². The lowest BCUT2D eigenvalue weighted by Crippen LogP contribution is -2.42.